The quantitative estimate of drug-likeness (QED) is 0.189. The van der Waals surface area contributed by atoms with E-state index in [0.29, 0.717) is 37.4 Å². The number of rotatable bonds is 4. The molecule has 0 aliphatic heterocycles. The number of fused-ring (bicyclic) bond motifs is 2. The Balaban J connectivity index is 0.000000181. The lowest BCUT2D eigenvalue weighted by atomic mass is 9.98. The van der Waals surface area contributed by atoms with Gasteiger partial charge < -0.3 is 9.84 Å². The van der Waals surface area contributed by atoms with Crippen LogP contribution in [-0.2, 0) is 19.0 Å². The SMILES string of the molecule is COc1cc2cccc(Cl)c2nc1-c1ccccc1C(F)(F)F.OCc1cc2cccc(Cl)c2nc1-c1ccccc1C(F)(F)F. The molecule has 0 spiro atoms. The lowest BCUT2D eigenvalue weighted by molar-refractivity contribution is -0.137. The maximum absolute atomic E-state index is 13.3. The van der Waals surface area contributed by atoms with Crippen molar-refractivity contribution in [3.8, 4) is 28.3 Å². The number of para-hydroxylation sites is 2. The van der Waals surface area contributed by atoms with Gasteiger partial charge >= 0.3 is 12.4 Å². The van der Waals surface area contributed by atoms with Crippen molar-refractivity contribution in [3.05, 3.63) is 124 Å². The van der Waals surface area contributed by atoms with Gasteiger partial charge in [0, 0.05) is 27.5 Å². The highest BCUT2D eigenvalue weighted by Crippen LogP contribution is 2.41. The van der Waals surface area contributed by atoms with Gasteiger partial charge in [-0.05, 0) is 36.4 Å². The van der Waals surface area contributed by atoms with Gasteiger partial charge in [0.25, 0.3) is 0 Å². The molecule has 1 N–H and O–H groups in total. The number of halogens is 8. The van der Waals surface area contributed by atoms with E-state index in [1.807, 2.05) is 0 Å². The number of pyridine rings is 2. The van der Waals surface area contributed by atoms with Crippen LogP contribution in [0.25, 0.3) is 44.3 Å². The topological polar surface area (TPSA) is 55.2 Å². The van der Waals surface area contributed by atoms with E-state index in [9.17, 15) is 31.4 Å². The van der Waals surface area contributed by atoms with Gasteiger partial charge in [0.2, 0.25) is 0 Å². The summed E-state index contributed by atoms with van der Waals surface area (Å²) in [7, 11) is 1.40. The molecule has 0 amide bonds. The van der Waals surface area contributed by atoms with Crippen LogP contribution in [0.5, 0.6) is 5.75 Å². The third-order valence-corrected chi connectivity index (χ3v) is 7.61. The number of ether oxygens (including phenoxy) is 1. The smallest absolute Gasteiger partial charge is 0.417 e. The number of hydrogen-bond acceptors (Lipinski definition) is 4. The third-order valence-electron chi connectivity index (χ3n) is 7.00. The predicted molar refractivity (Wildman–Crippen MR) is 167 cm³/mol. The molecule has 4 nitrogen and oxygen atoms in total. The van der Waals surface area contributed by atoms with Crippen molar-refractivity contribution in [1.29, 1.82) is 0 Å². The molecule has 236 valence electrons. The Morgan fingerprint density at radius 1 is 0.630 bits per heavy atom. The van der Waals surface area contributed by atoms with E-state index in [-0.39, 0.29) is 28.3 Å². The molecular formula is C34H22Cl2F6N2O2. The molecule has 0 radical (unpaired) electrons. The minimum atomic E-state index is -4.51. The normalized spacial score (nSPS) is 11.8. The molecule has 0 atom stereocenters. The molecule has 0 unspecified atom stereocenters. The summed E-state index contributed by atoms with van der Waals surface area (Å²) in [6.07, 6.45) is -9.00. The van der Waals surface area contributed by atoms with E-state index in [1.54, 1.807) is 48.5 Å². The van der Waals surface area contributed by atoms with Crippen LogP contribution in [0.4, 0.5) is 26.3 Å². The molecule has 6 rings (SSSR count). The van der Waals surface area contributed by atoms with Gasteiger partial charge in [-0.25, -0.2) is 9.97 Å². The number of aliphatic hydroxyl groups excluding tert-OH is 1. The van der Waals surface area contributed by atoms with Crippen LogP contribution >= 0.6 is 23.2 Å². The van der Waals surface area contributed by atoms with Crippen LogP contribution in [0, 0.1) is 0 Å². The molecule has 0 aliphatic rings. The van der Waals surface area contributed by atoms with Crippen molar-refractivity contribution in [2.45, 2.75) is 19.0 Å². The summed E-state index contributed by atoms with van der Waals surface area (Å²) in [5.41, 5.74) is -0.339. The maximum Gasteiger partial charge on any atom is 0.417 e. The van der Waals surface area contributed by atoms with Crippen LogP contribution in [0.3, 0.4) is 0 Å². The molecule has 0 saturated carbocycles. The van der Waals surface area contributed by atoms with Crippen molar-refractivity contribution >= 4 is 45.0 Å². The summed E-state index contributed by atoms with van der Waals surface area (Å²) in [5.74, 6) is 0.261. The lowest BCUT2D eigenvalue weighted by Crippen LogP contribution is -2.08. The second-order valence-electron chi connectivity index (χ2n) is 9.90. The van der Waals surface area contributed by atoms with Crippen molar-refractivity contribution in [2.75, 3.05) is 7.11 Å². The second-order valence-corrected chi connectivity index (χ2v) is 10.7. The van der Waals surface area contributed by atoms with E-state index in [4.69, 9.17) is 27.9 Å². The first-order valence-corrected chi connectivity index (χ1v) is 14.2. The van der Waals surface area contributed by atoms with Crippen molar-refractivity contribution < 1.29 is 36.2 Å². The van der Waals surface area contributed by atoms with E-state index < -0.39 is 30.1 Å². The lowest BCUT2D eigenvalue weighted by Gasteiger charge is -2.15. The molecule has 4 aromatic carbocycles. The summed E-state index contributed by atoms with van der Waals surface area (Å²) >= 11 is 12.2. The van der Waals surface area contributed by atoms with Gasteiger partial charge in [0.15, 0.2) is 0 Å². The van der Waals surface area contributed by atoms with Gasteiger partial charge in [-0.2, -0.15) is 26.3 Å². The van der Waals surface area contributed by atoms with Gasteiger partial charge in [-0.1, -0.05) is 83.9 Å². The monoisotopic (exact) mass is 674 g/mol. The Morgan fingerprint density at radius 2 is 1.09 bits per heavy atom. The summed E-state index contributed by atoms with van der Waals surface area (Å²) in [6, 6.07) is 23.9. The van der Waals surface area contributed by atoms with Crippen molar-refractivity contribution in [3.63, 3.8) is 0 Å². The van der Waals surface area contributed by atoms with Gasteiger partial charge in [0.05, 0.1) is 51.6 Å². The Bertz CT molecular complexity index is 1900. The molecule has 6 aromatic rings. The summed E-state index contributed by atoms with van der Waals surface area (Å²) in [5, 5.41) is 11.6. The first kappa shape index (κ1) is 33.0. The number of alkyl halides is 6. The Morgan fingerprint density at radius 3 is 1.57 bits per heavy atom. The number of aliphatic hydroxyl groups is 1. The molecule has 2 aromatic heterocycles. The standard InChI is InChI=1S/2C17H11ClF3NO/c1-23-14-9-10-5-4-8-13(18)15(10)22-16(14)11-6-2-3-7-12(11)17(19,20)21;18-14-7-3-4-10-8-11(9-23)15(22-16(10)14)12-5-1-2-6-13(12)17(19,20)21/h2-9H,1H3;1-8,23H,9H2. The maximum atomic E-state index is 13.3. The number of hydrogen-bond donors (Lipinski definition) is 1. The van der Waals surface area contributed by atoms with Crippen LogP contribution in [0.2, 0.25) is 10.0 Å². The molecule has 2 heterocycles. The fraction of sp³-hybridized carbons (Fsp3) is 0.118. The zero-order valence-corrected chi connectivity index (χ0v) is 25.2. The van der Waals surface area contributed by atoms with Gasteiger partial charge in [-0.3, -0.25) is 0 Å². The zero-order chi connectivity index (χ0) is 33.2. The van der Waals surface area contributed by atoms with Crippen molar-refractivity contribution in [1.82, 2.24) is 9.97 Å². The largest absolute Gasteiger partial charge is 0.494 e. The predicted octanol–water partition coefficient (Wildman–Crippen LogP) is 10.6. The minimum Gasteiger partial charge on any atom is -0.494 e. The zero-order valence-electron chi connectivity index (χ0n) is 23.7. The third kappa shape index (κ3) is 6.74. The molecule has 0 fully saturated rings. The van der Waals surface area contributed by atoms with Gasteiger partial charge in [-0.15, -0.1) is 0 Å². The average molecular weight is 675 g/mol. The minimum absolute atomic E-state index is 0.0429. The Hall–Kier alpha value is -4.38. The summed E-state index contributed by atoms with van der Waals surface area (Å²) in [4.78, 5) is 8.63. The van der Waals surface area contributed by atoms with Crippen LogP contribution < -0.4 is 4.74 Å². The average Bonchev–Trinajstić information content (AvgIpc) is 3.03. The molecule has 0 saturated heterocycles. The second kappa shape index (κ2) is 13.2. The molecule has 46 heavy (non-hydrogen) atoms. The van der Waals surface area contributed by atoms with E-state index in [2.05, 4.69) is 9.97 Å². The van der Waals surface area contributed by atoms with Crippen molar-refractivity contribution in [2.24, 2.45) is 0 Å². The van der Waals surface area contributed by atoms with Crippen LogP contribution in [0.15, 0.2) is 97.1 Å². The molecule has 0 bridgehead atoms. The first-order chi connectivity index (χ1) is 21.8. The number of aromatic nitrogens is 2. The highest BCUT2D eigenvalue weighted by molar-refractivity contribution is 6.35. The first-order valence-electron chi connectivity index (χ1n) is 13.5. The molecular weight excluding hydrogens is 653 g/mol. The Kier molecular flexibility index (Phi) is 9.44. The summed E-state index contributed by atoms with van der Waals surface area (Å²) < 4.78 is 84.8. The van der Waals surface area contributed by atoms with Crippen LogP contribution in [0.1, 0.15) is 16.7 Å². The molecule has 12 heteroatoms. The van der Waals surface area contributed by atoms with Gasteiger partial charge in [0.1, 0.15) is 11.4 Å². The number of methoxy groups -OCH3 is 1. The molecule has 0 aliphatic carbocycles. The fourth-order valence-electron chi connectivity index (χ4n) is 4.92. The van der Waals surface area contributed by atoms with E-state index in [0.717, 1.165) is 12.1 Å². The number of nitrogens with zero attached hydrogens (tertiary/aromatic N) is 2. The van der Waals surface area contributed by atoms with E-state index in [1.165, 1.54) is 43.5 Å². The Labute approximate surface area is 268 Å². The fourth-order valence-corrected chi connectivity index (χ4v) is 5.37. The highest BCUT2D eigenvalue weighted by atomic mass is 35.5. The summed E-state index contributed by atoms with van der Waals surface area (Å²) in [6.45, 7) is -0.420. The van der Waals surface area contributed by atoms with E-state index >= 15 is 0 Å². The number of benzene rings is 4. The highest BCUT2D eigenvalue weighted by Gasteiger charge is 2.35. The van der Waals surface area contributed by atoms with Crippen LogP contribution in [-0.4, -0.2) is 22.2 Å².